The summed E-state index contributed by atoms with van der Waals surface area (Å²) >= 11 is 0. The number of hydrogen-bond donors (Lipinski definition) is 1. The average Bonchev–Trinajstić information content (AvgIpc) is 3.42. The first-order chi connectivity index (χ1) is 15.1. The molecule has 5 rings (SSSR count). The lowest BCUT2D eigenvalue weighted by molar-refractivity contribution is -0.127. The van der Waals surface area contributed by atoms with Gasteiger partial charge in [0.1, 0.15) is 0 Å². The number of rotatable bonds is 5. The molecule has 3 aliphatic rings. The largest absolute Gasteiger partial charge is 0.454 e. The van der Waals surface area contributed by atoms with Crippen molar-refractivity contribution in [3.8, 4) is 11.5 Å². The Hall–Kier alpha value is -3.02. The van der Waals surface area contributed by atoms with E-state index in [4.69, 9.17) is 9.47 Å². The van der Waals surface area contributed by atoms with Crippen LogP contribution in [0.3, 0.4) is 0 Å². The lowest BCUT2D eigenvalue weighted by atomic mass is 9.88. The third-order valence-electron chi connectivity index (χ3n) is 6.66. The number of fused-ring (bicyclic) bond motifs is 2. The van der Waals surface area contributed by atoms with E-state index in [-0.39, 0.29) is 37.0 Å². The maximum atomic E-state index is 13.1. The van der Waals surface area contributed by atoms with Crippen LogP contribution in [0.5, 0.6) is 11.5 Å². The van der Waals surface area contributed by atoms with Crippen molar-refractivity contribution in [3.63, 3.8) is 0 Å². The molecule has 0 spiro atoms. The fourth-order valence-corrected chi connectivity index (χ4v) is 4.87. The van der Waals surface area contributed by atoms with E-state index in [1.807, 2.05) is 18.2 Å². The van der Waals surface area contributed by atoms with Crippen molar-refractivity contribution in [2.24, 2.45) is 5.92 Å². The maximum Gasteiger partial charge on any atom is 0.231 e. The first-order valence-corrected chi connectivity index (χ1v) is 11.2. The van der Waals surface area contributed by atoms with Gasteiger partial charge in [0.05, 0.1) is 12.0 Å². The van der Waals surface area contributed by atoms with Crippen LogP contribution in [0.2, 0.25) is 0 Å². The summed E-state index contributed by atoms with van der Waals surface area (Å²) < 4.78 is 10.8. The summed E-state index contributed by atoms with van der Waals surface area (Å²) in [6.45, 7) is 2.66. The van der Waals surface area contributed by atoms with Gasteiger partial charge in [-0.25, -0.2) is 0 Å². The smallest absolute Gasteiger partial charge is 0.231 e. The Balaban J connectivity index is 1.27. The van der Waals surface area contributed by atoms with E-state index in [0.717, 1.165) is 30.5 Å². The minimum absolute atomic E-state index is 0.0329. The number of carbonyl (C=O) groups excluding carboxylic acids is 2. The van der Waals surface area contributed by atoms with Crippen molar-refractivity contribution in [1.29, 1.82) is 0 Å². The highest BCUT2D eigenvalue weighted by Gasteiger charge is 2.36. The molecular weight excluding hydrogens is 392 g/mol. The van der Waals surface area contributed by atoms with Crippen molar-refractivity contribution in [1.82, 2.24) is 5.32 Å². The number of benzene rings is 2. The summed E-state index contributed by atoms with van der Waals surface area (Å²) in [5, 5.41) is 3.20. The molecule has 2 aromatic rings. The van der Waals surface area contributed by atoms with E-state index in [0.29, 0.717) is 18.0 Å². The maximum absolute atomic E-state index is 13.1. The van der Waals surface area contributed by atoms with Crippen LogP contribution < -0.4 is 19.7 Å². The van der Waals surface area contributed by atoms with Crippen LogP contribution in [0, 0.1) is 5.92 Å². The summed E-state index contributed by atoms with van der Waals surface area (Å²) in [6, 6.07) is 12.1. The van der Waals surface area contributed by atoms with Gasteiger partial charge in [0, 0.05) is 24.7 Å². The number of carbonyl (C=O) groups is 2. The first kappa shape index (κ1) is 19.9. The summed E-state index contributed by atoms with van der Waals surface area (Å²) in [6.07, 6.45) is 5.81. The van der Waals surface area contributed by atoms with Gasteiger partial charge < -0.3 is 19.7 Å². The molecule has 2 aliphatic heterocycles. The van der Waals surface area contributed by atoms with E-state index in [9.17, 15) is 9.59 Å². The molecule has 1 fully saturated rings. The molecule has 0 aromatic heterocycles. The second-order valence-electron chi connectivity index (χ2n) is 8.65. The number of hydrogen-bond acceptors (Lipinski definition) is 4. The molecule has 2 unspecified atom stereocenters. The molecule has 0 bridgehead atoms. The van der Waals surface area contributed by atoms with Crippen LogP contribution in [0.4, 0.5) is 5.69 Å². The second kappa shape index (κ2) is 8.25. The molecule has 6 nitrogen and oxygen atoms in total. The number of aryl methyl sites for hydroxylation is 2. The Kier molecular flexibility index (Phi) is 5.30. The Morgan fingerprint density at radius 1 is 1.10 bits per heavy atom. The van der Waals surface area contributed by atoms with Crippen LogP contribution in [-0.4, -0.2) is 25.2 Å². The average molecular weight is 421 g/mol. The predicted molar refractivity (Wildman–Crippen MR) is 117 cm³/mol. The van der Waals surface area contributed by atoms with Gasteiger partial charge >= 0.3 is 0 Å². The minimum atomic E-state index is -0.357. The lowest BCUT2D eigenvalue weighted by Gasteiger charge is -2.23. The summed E-state index contributed by atoms with van der Waals surface area (Å²) in [4.78, 5) is 27.4. The third-order valence-corrected chi connectivity index (χ3v) is 6.66. The van der Waals surface area contributed by atoms with Crippen molar-refractivity contribution in [3.05, 3.63) is 53.1 Å². The normalized spacial score (nSPS) is 20.5. The number of nitrogens with one attached hydrogen (secondary N) is 1. The van der Waals surface area contributed by atoms with E-state index in [1.165, 1.54) is 24.0 Å². The molecule has 6 heteroatoms. The van der Waals surface area contributed by atoms with Crippen LogP contribution in [0.15, 0.2) is 36.4 Å². The molecule has 1 N–H and O–H groups in total. The van der Waals surface area contributed by atoms with Gasteiger partial charge in [0.2, 0.25) is 18.6 Å². The zero-order valence-electron chi connectivity index (χ0n) is 17.9. The molecule has 0 saturated carbocycles. The number of nitrogens with zero attached hydrogens (tertiary/aromatic N) is 1. The van der Waals surface area contributed by atoms with Gasteiger partial charge in [-0.15, -0.1) is 0 Å². The standard InChI is InChI=1S/C25H28N2O4/c1-2-21(18-8-7-16-5-3-4-6-17(16)11-18)26-25(29)19-12-24(28)27(14-19)20-9-10-22-23(13-20)31-15-30-22/h7-11,13,19,21H,2-6,12,14-15H2,1H3,(H,26,29). The zero-order valence-corrected chi connectivity index (χ0v) is 17.9. The molecule has 1 aliphatic carbocycles. The van der Waals surface area contributed by atoms with Crippen LogP contribution >= 0.6 is 0 Å². The predicted octanol–water partition coefficient (Wildman–Crippen LogP) is 3.91. The van der Waals surface area contributed by atoms with E-state index in [2.05, 4.69) is 30.4 Å². The molecule has 2 amide bonds. The van der Waals surface area contributed by atoms with Crippen LogP contribution in [-0.2, 0) is 22.4 Å². The van der Waals surface area contributed by atoms with Crippen molar-refractivity contribution < 1.29 is 19.1 Å². The molecule has 1 saturated heterocycles. The molecule has 31 heavy (non-hydrogen) atoms. The first-order valence-electron chi connectivity index (χ1n) is 11.2. The molecular formula is C25H28N2O4. The van der Waals surface area contributed by atoms with Gasteiger partial charge in [-0.2, -0.15) is 0 Å². The molecule has 2 aromatic carbocycles. The van der Waals surface area contributed by atoms with E-state index >= 15 is 0 Å². The number of anilines is 1. The van der Waals surface area contributed by atoms with Gasteiger partial charge in [-0.3, -0.25) is 9.59 Å². The highest BCUT2D eigenvalue weighted by atomic mass is 16.7. The van der Waals surface area contributed by atoms with E-state index in [1.54, 1.807) is 4.90 Å². The monoisotopic (exact) mass is 420 g/mol. The van der Waals surface area contributed by atoms with Gasteiger partial charge in [0.15, 0.2) is 11.5 Å². The SMILES string of the molecule is CCC(NC(=O)C1CC(=O)N(c2ccc3c(c2)OCO3)C1)c1ccc2c(c1)CCCC2. The fourth-order valence-electron chi connectivity index (χ4n) is 4.87. The van der Waals surface area contributed by atoms with Gasteiger partial charge in [-0.1, -0.05) is 25.1 Å². The molecule has 162 valence electrons. The summed E-state index contributed by atoms with van der Waals surface area (Å²) in [5.74, 6) is 0.865. The Labute approximate surface area is 182 Å². The van der Waals surface area contributed by atoms with Crippen molar-refractivity contribution in [2.45, 2.75) is 51.5 Å². The van der Waals surface area contributed by atoms with Crippen molar-refractivity contribution in [2.75, 3.05) is 18.2 Å². The summed E-state index contributed by atoms with van der Waals surface area (Å²) in [7, 11) is 0. The number of amides is 2. The second-order valence-corrected chi connectivity index (χ2v) is 8.65. The van der Waals surface area contributed by atoms with Gasteiger partial charge in [0.25, 0.3) is 0 Å². The zero-order chi connectivity index (χ0) is 21.4. The van der Waals surface area contributed by atoms with Crippen LogP contribution in [0.25, 0.3) is 0 Å². The van der Waals surface area contributed by atoms with Gasteiger partial charge in [-0.05, 0) is 60.9 Å². The Morgan fingerprint density at radius 2 is 1.90 bits per heavy atom. The molecule has 2 heterocycles. The quantitative estimate of drug-likeness (QED) is 0.796. The van der Waals surface area contributed by atoms with Crippen LogP contribution in [0.1, 0.15) is 55.3 Å². The third kappa shape index (κ3) is 3.87. The van der Waals surface area contributed by atoms with Crippen molar-refractivity contribution >= 4 is 17.5 Å². The molecule has 2 atom stereocenters. The highest BCUT2D eigenvalue weighted by Crippen LogP contribution is 2.37. The minimum Gasteiger partial charge on any atom is -0.454 e. The highest BCUT2D eigenvalue weighted by molar-refractivity contribution is 6.00. The summed E-state index contributed by atoms with van der Waals surface area (Å²) in [5.41, 5.74) is 4.76. The van der Waals surface area contributed by atoms with E-state index < -0.39 is 0 Å². The molecule has 0 radical (unpaired) electrons. The fraction of sp³-hybridized carbons (Fsp3) is 0.440. The Morgan fingerprint density at radius 3 is 2.74 bits per heavy atom. The lowest BCUT2D eigenvalue weighted by Crippen LogP contribution is -2.35. The topological polar surface area (TPSA) is 67.9 Å². The Bertz CT molecular complexity index is 1020. The number of ether oxygens (including phenoxy) is 2.